The van der Waals surface area contributed by atoms with Crippen molar-refractivity contribution in [2.75, 3.05) is 13.8 Å². The maximum absolute atomic E-state index is 13.1. The van der Waals surface area contributed by atoms with Crippen LogP contribution in [-0.2, 0) is 13.0 Å². The summed E-state index contributed by atoms with van der Waals surface area (Å²) in [5.74, 6) is 1.05. The highest BCUT2D eigenvalue weighted by molar-refractivity contribution is 9.10. The Morgan fingerprint density at radius 2 is 1.93 bits per heavy atom. The predicted molar refractivity (Wildman–Crippen MR) is 114 cm³/mol. The van der Waals surface area contributed by atoms with Crippen LogP contribution in [0.15, 0.2) is 52.0 Å². The molecule has 29 heavy (non-hydrogen) atoms. The van der Waals surface area contributed by atoms with Crippen molar-refractivity contribution < 1.29 is 13.9 Å². The highest BCUT2D eigenvalue weighted by Crippen LogP contribution is 2.35. The lowest BCUT2D eigenvalue weighted by atomic mass is 10.2. The molecule has 0 bridgehead atoms. The molecule has 1 heterocycles. The SMILES string of the molecule is COc1ccc(Cn2cnc(CCF)c(Oc3c(C)cc(Br)cc3Cl)c2=O)cc1. The lowest BCUT2D eigenvalue weighted by Crippen LogP contribution is -2.24. The van der Waals surface area contributed by atoms with Gasteiger partial charge in [-0.15, -0.1) is 0 Å². The minimum atomic E-state index is -0.654. The van der Waals surface area contributed by atoms with Crippen molar-refractivity contribution in [3.63, 3.8) is 0 Å². The van der Waals surface area contributed by atoms with Gasteiger partial charge in [-0.2, -0.15) is 0 Å². The molecule has 3 rings (SSSR count). The summed E-state index contributed by atoms with van der Waals surface area (Å²) in [7, 11) is 1.59. The van der Waals surface area contributed by atoms with Gasteiger partial charge in [-0.25, -0.2) is 4.98 Å². The number of halogens is 3. The average molecular weight is 482 g/mol. The molecule has 152 valence electrons. The number of hydrogen-bond acceptors (Lipinski definition) is 4. The monoisotopic (exact) mass is 480 g/mol. The van der Waals surface area contributed by atoms with Gasteiger partial charge in [0.2, 0.25) is 5.75 Å². The summed E-state index contributed by atoms with van der Waals surface area (Å²) < 4.78 is 26.3. The number of hydrogen-bond donors (Lipinski definition) is 0. The Hall–Kier alpha value is -2.38. The molecule has 5 nitrogen and oxygen atoms in total. The van der Waals surface area contributed by atoms with Gasteiger partial charge in [0.25, 0.3) is 5.56 Å². The quantitative estimate of drug-likeness (QED) is 0.458. The largest absolute Gasteiger partial charge is 0.497 e. The highest BCUT2D eigenvalue weighted by Gasteiger charge is 2.18. The van der Waals surface area contributed by atoms with Gasteiger partial charge < -0.3 is 9.47 Å². The van der Waals surface area contributed by atoms with Crippen molar-refractivity contribution in [3.05, 3.63) is 79.4 Å². The van der Waals surface area contributed by atoms with E-state index in [-0.39, 0.29) is 24.4 Å². The van der Waals surface area contributed by atoms with Crippen LogP contribution < -0.4 is 15.0 Å². The van der Waals surface area contributed by atoms with E-state index in [0.29, 0.717) is 10.8 Å². The number of benzene rings is 2. The molecular weight excluding hydrogens is 463 g/mol. The maximum atomic E-state index is 13.1. The minimum Gasteiger partial charge on any atom is -0.497 e. The molecule has 0 radical (unpaired) electrons. The van der Waals surface area contributed by atoms with E-state index >= 15 is 0 Å². The molecule has 0 aliphatic heterocycles. The van der Waals surface area contributed by atoms with Crippen LogP contribution in [0.3, 0.4) is 0 Å². The molecule has 0 atom stereocenters. The Kier molecular flexibility index (Phi) is 6.92. The van der Waals surface area contributed by atoms with Crippen LogP contribution >= 0.6 is 27.5 Å². The first-order valence-electron chi connectivity index (χ1n) is 8.83. The molecule has 0 saturated heterocycles. The fraction of sp³-hybridized carbons (Fsp3) is 0.238. The number of alkyl halides is 1. The van der Waals surface area contributed by atoms with Crippen molar-refractivity contribution in [2.45, 2.75) is 19.9 Å². The summed E-state index contributed by atoms with van der Waals surface area (Å²) in [6.45, 7) is 1.44. The molecule has 0 fully saturated rings. The molecule has 8 heteroatoms. The van der Waals surface area contributed by atoms with E-state index in [4.69, 9.17) is 21.1 Å². The van der Waals surface area contributed by atoms with Crippen LogP contribution in [-0.4, -0.2) is 23.3 Å². The van der Waals surface area contributed by atoms with Crippen LogP contribution in [0.25, 0.3) is 0 Å². The summed E-state index contributed by atoms with van der Waals surface area (Å²) in [6, 6.07) is 10.8. The molecular formula is C21H19BrClFN2O3. The average Bonchev–Trinajstić information content (AvgIpc) is 2.69. The first-order valence-corrected chi connectivity index (χ1v) is 10.0. The second-order valence-electron chi connectivity index (χ2n) is 6.38. The van der Waals surface area contributed by atoms with E-state index in [1.807, 2.05) is 37.3 Å². The third kappa shape index (κ3) is 4.97. The van der Waals surface area contributed by atoms with E-state index in [0.717, 1.165) is 21.3 Å². The number of ether oxygens (including phenoxy) is 2. The summed E-state index contributed by atoms with van der Waals surface area (Å²) in [5.41, 5.74) is 1.47. The maximum Gasteiger partial charge on any atom is 0.296 e. The van der Waals surface area contributed by atoms with Gasteiger partial charge in [0.15, 0.2) is 0 Å². The van der Waals surface area contributed by atoms with Crippen molar-refractivity contribution in [3.8, 4) is 17.2 Å². The molecule has 0 aliphatic rings. The van der Waals surface area contributed by atoms with Crippen LogP contribution in [0.1, 0.15) is 16.8 Å². The molecule has 0 spiro atoms. The Bertz CT molecular complexity index is 1050. The van der Waals surface area contributed by atoms with Gasteiger partial charge in [-0.05, 0) is 42.3 Å². The Morgan fingerprint density at radius 3 is 2.55 bits per heavy atom. The predicted octanol–water partition coefficient (Wildman–Crippen LogP) is 5.33. The molecule has 0 saturated carbocycles. The van der Waals surface area contributed by atoms with Gasteiger partial charge in [0.05, 0.1) is 37.4 Å². The van der Waals surface area contributed by atoms with Crippen molar-refractivity contribution in [1.29, 1.82) is 0 Å². The number of methoxy groups -OCH3 is 1. The van der Waals surface area contributed by atoms with Gasteiger partial charge in [-0.3, -0.25) is 13.8 Å². The van der Waals surface area contributed by atoms with E-state index in [2.05, 4.69) is 20.9 Å². The number of aromatic nitrogens is 2. The van der Waals surface area contributed by atoms with E-state index in [1.165, 1.54) is 10.9 Å². The summed E-state index contributed by atoms with van der Waals surface area (Å²) in [5, 5.41) is 0.341. The highest BCUT2D eigenvalue weighted by atomic mass is 79.9. The molecule has 1 aromatic heterocycles. The second-order valence-corrected chi connectivity index (χ2v) is 7.70. The van der Waals surface area contributed by atoms with Crippen LogP contribution in [0.4, 0.5) is 4.39 Å². The molecule has 3 aromatic rings. The Labute approximate surface area is 181 Å². The van der Waals surface area contributed by atoms with Gasteiger partial charge in [0, 0.05) is 10.9 Å². The normalized spacial score (nSPS) is 10.8. The van der Waals surface area contributed by atoms with Crippen LogP contribution in [0, 0.1) is 6.92 Å². The third-order valence-electron chi connectivity index (χ3n) is 4.31. The standard InChI is InChI=1S/C21H19BrClFN2O3/c1-13-9-15(22)10-17(23)19(13)29-20-18(7-8-24)25-12-26(21(20)27)11-14-3-5-16(28-2)6-4-14/h3-6,9-10,12H,7-8,11H2,1-2H3. The number of nitrogens with zero attached hydrogens (tertiary/aromatic N) is 2. The van der Waals surface area contributed by atoms with Gasteiger partial charge in [-0.1, -0.05) is 39.7 Å². The van der Waals surface area contributed by atoms with Crippen molar-refractivity contribution in [1.82, 2.24) is 9.55 Å². The zero-order valence-corrected chi connectivity index (χ0v) is 18.3. The number of aryl methyl sites for hydroxylation is 2. The molecule has 0 N–H and O–H groups in total. The molecule has 2 aromatic carbocycles. The zero-order chi connectivity index (χ0) is 21.0. The lowest BCUT2D eigenvalue weighted by molar-refractivity contribution is 0.414. The smallest absolute Gasteiger partial charge is 0.296 e. The van der Waals surface area contributed by atoms with E-state index in [9.17, 15) is 9.18 Å². The first kappa shape index (κ1) is 21.3. The fourth-order valence-corrected chi connectivity index (χ4v) is 3.84. The van der Waals surface area contributed by atoms with E-state index < -0.39 is 12.2 Å². The van der Waals surface area contributed by atoms with Crippen molar-refractivity contribution in [2.24, 2.45) is 0 Å². The van der Waals surface area contributed by atoms with Gasteiger partial charge >= 0.3 is 0 Å². The number of rotatable bonds is 7. The third-order valence-corrected chi connectivity index (χ3v) is 5.05. The summed E-state index contributed by atoms with van der Waals surface area (Å²) in [4.78, 5) is 17.3. The zero-order valence-electron chi connectivity index (χ0n) is 15.9. The second kappa shape index (κ2) is 9.41. The topological polar surface area (TPSA) is 53.4 Å². The van der Waals surface area contributed by atoms with Gasteiger partial charge in [0.1, 0.15) is 11.5 Å². The first-order chi connectivity index (χ1) is 13.9. The Morgan fingerprint density at radius 1 is 1.21 bits per heavy atom. The minimum absolute atomic E-state index is 0.0222. The van der Waals surface area contributed by atoms with Crippen LogP contribution in [0.5, 0.6) is 17.2 Å². The van der Waals surface area contributed by atoms with Crippen molar-refractivity contribution >= 4 is 27.5 Å². The molecule has 0 amide bonds. The van der Waals surface area contributed by atoms with Crippen LogP contribution in [0.2, 0.25) is 5.02 Å². The molecule has 0 unspecified atom stereocenters. The molecule has 0 aliphatic carbocycles. The summed E-state index contributed by atoms with van der Waals surface area (Å²) in [6.07, 6.45) is 1.38. The fourth-order valence-electron chi connectivity index (χ4n) is 2.84. The Balaban J connectivity index is 2.00. The van der Waals surface area contributed by atoms with E-state index in [1.54, 1.807) is 13.2 Å². The summed E-state index contributed by atoms with van der Waals surface area (Å²) >= 11 is 9.66. The lowest BCUT2D eigenvalue weighted by Gasteiger charge is -2.15.